The number of benzene rings is 1. The number of hydrogen-bond acceptors (Lipinski definition) is 5. The number of nitrogen functional groups attached to an aromatic ring is 1. The monoisotopic (exact) mass is 303 g/mol. The highest BCUT2D eigenvalue weighted by molar-refractivity contribution is 7.11. The number of nitrogens with zero attached hydrogens (tertiary/aromatic N) is 2. The maximum absolute atomic E-state index is 6.06. The maximum Gasteiger partial charge on any atom is 0.147 e. The molecule has 112 valence electrons. The van der Waals surface area contributed by atoms with Gasteiger partial charge in [0.1, 0.15) is 10.8 Å². The van der Waals surface area contributed by atoms with Crippen molar-refractivity contribution in [2.45, 2.75) is 12.8 Å². The fourth-order valence-electron chi connectivity index (χ4n) is 2.27. The van der Waals surface area contributed by atoms with Gasteiger partial charge in [0, 0.05) is 20.2 Å². The van der Waals surface area contributed by atoms with Crippen LogP contribution in [0, 0.1) is 5.92 Å². The fraction of sp³-hybridized carbons (Fsp3) is 0.438. The van der Waals surface area contributed by atoms with E-state index in [0.717, 1.165) is 41.8 Å². The lowest BCUT2D eigenvalue weighted by molar-refractivity contribution is 0.131. The molecule has 4 nitrogen and oxygen atoms in total. The average molecular weight is 303 g/mol. The van der Waals surface area contributed by atoms with Gasteiger partial charge in [0.2, 0.25) is 0 Å². The van der Waals surface area contributed by atoms with Crippen molar-refractivity contribution in [3.63, 3.8) is 0 Å². The number of ether oxygens (including phenoxy) is 1. The van der Waals surface area contributed by atoms with Crippen molar-refractivity contribution >= 4 is 22.4 Å². The van der Waals surface area contributed by atoms with Crippen LogP contribution in [0.2, 0.25) is 0 Å². The number of anilines is 2. The Kier molecular flexibility index (Phi) is 4.41. The molecule has 0 radical (unpaired) electrons. The Bertz CT molecular complexity index is 580. The molecule has 3 rings (SSSR count). The van der Waals surface area contributed by atoms with Gasteiger partial charge in [0.05, 0.1) is 12.2 Å². The number of rotatable bonds is 7. The van der Waals surface area contributed by atoms with Crippen LogP contribution in [0.1, 0.15) is 12.8 Å². The first-order chi connectivity index (χ1) is 10.3. The molecular formula is C16H21N3OS. The van der Waals surface area contributed by atoms with Crippen LogP contribution in [-0.4, -0.2) is 31.2 Å². The van der Waals surface area contributed by atoms with E-state index in [1.165, 1.54) is 24.4 Å². The van der Waals surface area contributed by atoms with Gasteiger partial charge >= 0.3 is 0 Å². The van der Waals surface area contributed by atoms with E-state index in [1.54, 1.807) is 0 Å². The molecule has 1 fully saturated rings. The summed E-state index contributed by atoms with van der Waals surface area (Å²) >= 11 is 1.45. The van der Waals surface area contributed by atoms with E-state index >= 15 is 0 Å². The molecule has 21 heavy (non-hydrogen) atoms. The molecule has 0 aliphatic heterocycles. The zero-order valence-electron chi connectivity index (χ0n) is 12.3. The minimum Gasteiger partial charge on any atom is -0.382 e. The van der Waals surface area contributed by atoms with E-state index in [0.29, 0.717) is 5.82 Å². The van der Waals surface area contributed by atoms with Crippen LogP contribution in [0.4, 0.5) is 10.8 Å². The molecule has 1 aliphatic rings. The number of aromatic nitrogens is 1. The molecule has 0 saturated heterocycles. The number of nitrogens with two attached hydrogens (primary N) is 1. The van der Waals surface area contributed by atoms with E-state index in [4.69, 9.17) is 10.5 Å². The molecule has 2 aromatic rings. The van der Waals surface area contributed by atoms with Crippen LogP contribution in [0.25, 0.3) is 11.1 Å². The zero-order valence-corrected chi connectivity index (χ0v) is 13.1. The molecule has 1 heterocycles. The van der Waals surface area contributed by atoms with Gasteiger partial charge in [-0.3, -0.25) is 0 Å². The maximum atomic E-state index is 6.06. The summed E-state index contributed by atoms with van der Waals surface area (Å²) in [7, 11) is 2.07. The third kappa shape index (κ3) is 3.54. The molecule has 1 aromatic carbocycles. The van der Waals surface area contributed by atoms with Crippen LogP contribution in [0.5, 0.6) is 0 Å². The van der Waals surface area contributed by atoms with Crippen molar-refractivity contribution in [1.82, 2.24) is 4.37 Å². The molecule has 1 saturated carbocycles. The quantitative estimate of drug-likeness (QED) is 0.798. The Morgan fingerprint density at radius 2 is 2.10 bits per heavy atom. The first kappa shape index (κ1) is 14.4. The Morgan fingerprint density at radius 3 is 2.81 bits per heavy atom. The average Bonchev–Trinajstić information content (AvgIpc) is 3.25. The predicted octanol–water partition coefficient (Wildman–Crippen LogP) is 3.26. The van der Waals surface area contributed by atoms with Crippen molar-refractivity contribution < 1.29 is 4.74 Å². The molecular weight excluding hydrogens is 282 g/mol. The Balaban J connectivity index is 1.66. The van der Waals surface area contributed by atoms with Crippen LogP contribution < -0.4 is 10.6 Å². The summed E-state index contributed by atoms with van der Waals surface area (Å²) in [6.45, 7) is 2.51. The largest absolute Gasteiger partial charge is 0.382 e. The zero-order chi connectivity index (χ0) is 14.7. The van der Waals surface area contributed by atoms with E-state index in [2.05, 4.69) is 28.5 Å². The third-order valence-electron chi connectivity index (χ3n) is 3.73. The van der Waals surface area contributed by atoms with Crippen molar-refractivity contribution in [3.05, 3.63) is 30.3 Å². The van der Waals surface area contributed by atoms with Gasteiger partial charge < -0.3 is 15.4 Å². The second-order valence-electron chi connectivity index (χ2n) is 5.55. The number of hydrogen-bond donors (Lipinski definition) is 1. The van der Waals surface area contributed by atoms with Gasteiger partial charge in [-0.25, -0.2) is 0 Å². The normalized spacial score (nSPS) is 14.3. The lowest BCUT2D eigenvalue weighted by Gasteiger charge is -2.18. The molecule has 2 N–H and O–H groups in total. The summed E-state index contributed by atoms with van der Waals surface area (Å²) in [6.07, 6.45) is 2.67. The molecule has 1 aromatic heterocycles. The second-order valence-corrected chi connectivity index (χ2v) is 6.31. The van der Waals surface area contributed by atoms with Crippen molar-refractivity contribution in [2.24, 2.45) is 5.92 Å². The van der Waals surface area contributed by atoms with Gasteiger partial charge in [-0.05, 0) is 35.9 Å². The molecule has 0 bridgehead atoms. The van der Waals surface area contributed by atoms with Crippen molar-refractivity contribution in [1.29, 1.82) is 0 Å². The van der Waals surface area contributed by atoms with Crippen LogP contribution in [-0.2, 0) is 4.74 Å². The van der Waals surface area contributed by atoms with Gasteiger partial charge in [-0.1, -0.05) is 30.3 Å². The Labute approximate surface area is 129 Å². The summed E-state index contributed by atoms with van der Waals surface area (Å²) in [5, 5.41) is 1.11. The lowest BCUT2D eigenvalue weighted by atomic mass is 10.1. The summed E-state index contributed by atoms with van der Waals surface area (Å²) in [5.41, 5.74) is 8.20. The minimum absolute atomic E-state index is 0.604. The van der Waals surface area contributed by atoms with E-state index < -0.39 is 0 Å². The molecule has 5 heteroatoms. The smallest absolute Gasteiger partial charge is 0.147 e. The summed E-state index contributed by atoms with van der Waals surface area (Å²) in [4.78, 5) is 2.18. The van der Waals surface area contributed by atoms with E-state index in [1.807, 2.05) is 18.2 Å². The first-order valence-corrected chi connectivity index (χ1v) is 8.12. The van der Waals surface area contributed by atoms with Gasteiger partial charge in [-0.2, -0.15) is 4.37 Å². The molecule has 1 aliphatic carbocycles. The topological polar surface area (TPSA) is 51.4 Å². The number of likely N-dealkylation sites (N-methyl/N-ethyl adjacent to an activating group) is 1. The Morgan fingerprint density at radius 1 is 1.33 bits per heavy atom. The minimum atomic E-state index is 0.604. The summed E-state index contributed by atoms with van der Waals surface area (Å²) in [5.74, 6) is 1.42. The highest BCUT2D eigenvalue weighted by Gasteiger charge is 2.21. The predicted molar refractivity (Wildman–Crippen MR) is 88.8 cm³/mol. The highest BCUT2D eigenvalue weighted by atomic mass is 32.1. The molecule has 0 unspecified atom stereocenters. The van der Waals surface area contributed by atoms with Crippen LogP contribution in [0.3, 0.4) is 0 Å². The molecule has 0 amide bonds. The summed E-state index contributed by atoms with van der Waals surface area (Å²) in [6, 6.07) is 10.2. The molecule has 0 atom stereocenters. The standard InChI is InChI=1S/C16H21N3OS/c1-19(9-10-20-11-12-7-8-12)16-14(15(17)18-21-16)13-5-3-2-4-6-13/h2-6,12H,7-11H2,1H3,(H2,17,18). The van der Waals surface area contributed by atoms with Crippen molar-refractivity contribution in [2.75, 3.05) is 37.4 Å². The van der Waals surface area contributed by atoms with Crippen LogP contribution >= 0.6 is 11.5 Å². The van der Waals surface area contributed by atoms with E-state index in [9.17, 15) is 0 Å². The first-order valence-electron chi connectivity index (χ1n) is 7.35. The van der Waals surface area contributed by atoms with Crippen LogP contribution in [0.15, 0.2) is 30.3 Å². The third-order valence-corrected chi connectivity index (χ3v) is 4.71. The van der Waals surface area contributed by atoms with E-state index in [-0.39, 0.29) is 0 Å². The molecule has 0 spiro atoms. The van der Waals surface area contributed by atoms with Gasteiger partial charge in [0.25, 0.3) is 0 Å². The highest BCUT2D eigenvalue weighted by Crippen LogP contribution is 2.38. The second kappa shape index (κ2) is 6.45. The van der Waals surface area contributed by atoms with Gasteiger partial charge in [-0.15, -0.1) is 0 Å². The summed E-state index contributed by atoms with van der Waals surface area (Å²) < 4.78 is 10.0. The lowest BCUT2D eigenvalue weighted by Crippen LogP contribution is -2.22. The fourth-order valence-corrected chi connectivity index (χ4v) is 3.09. The SMILES string of the molecule is CN(CCOCC1CC1)c1snc(N)c1-c1ccccc1. The van der Waals surface area contributed by atoms with Crippen molar-refractivity contribution in [3.8, 4) is 11.1 Å². The Hall–Kier alpha value is -1.59. The van der Waals surface area contributed by atoms with Gasteiger partial charge in [0.15, 0.2) is 0 Å².